The second kappa shape index (κ2) is 5.18. The van der Waals surface area contributed by atoms with E-state index in [1.807, 2.05) is 11.8 Å². The van der Waals surface area contributed by atoms with Gasteiger partial charge >= 0.3 is 0 Å². The maximum atomic E-state index is 5.48. The maximum absolute atomic E-state index is 5.48. The van der Waals surface area contributed by atoms with Gasteiger partial charge in [-0.2, -0.15) is 11.8 Å². The summed E-state index contributed by atoms with van der Waals surface area (Å²) < 4.78 is 1.78. The van der Waals surface area contributed by atoms with Crippen LogP contribution in [0.3, 0.4) is 0 Å². The van der Waals surface area contributed by atoms with Crippen molar-refractivity contribution in [3.8, 4) is 0 Å². The summed E-state index contributed by atoms with van der Waals surface area (Å²) in [6, 6.07) is 0. The Labute approximate surface area is 82.1 Å². The Morgan fingerprint density at radius 1 is 1.62 bits per heavy atom. The third-order valence-electron chi connectivity index (χ3n) is 1.72. The molecule has 1 atom stereocenters. The average Bonchev–Trinajstić information content (AvgIpc) is 2.52. The van der Waals surface area contributed by atoms with Crippen LogP contribution in [0.2, 0.25) is 0 Å². The Morgan fingerprint density at radius 2 is 2.38 bits per heavy atom. The van der Waals surface area contributed by atoms with E-state index in [9.17, 15) is 0 Å². The van der Waals surface area contributed by atoms with Crippen molar-refractivity contribution in [3.63, 3.8) is 0 Å². The number of tetrazole rings is 1. The molecule has 0 spiro atoms. The molecule has 1 aromatic rings. The Balaban J connectivity index is 2.52. The Hall–Kier alpha value is -0.620. The lowest BCUT2D eigenvalue weighted by molar-refractivity contribution is 0.464. The van der Waals surface area contributed by atoms with Gasteiger partial charge in [0.05, 0.1) is 6.54 Å². The van der Waals surface area contributed by atoms with E-state index in [0.717, 1.165) is 18.1 Å². The van der Waals surface area contributed by atoms with Gasteiger partial charge < -0.3 is 5.73 Å². The number of nitrogens with two attached hydrogens (primary N) is 1. The van der Waals surface area contributed by atoms with E-state index in [-0.39, 0.29) is 0 Å². The summed E-state index contributed by atoms with van der Waals surface area (Å²) in [5.74, 6) is 2.45. The number of thioether (sulfide) groups is 1. The van der Waals surface area contributed by atoms with Crippen LogP contribution >= 0.6 is 11.8 Å². The highest BCUT2D eigenvalue weighted by Gasteiger charge is 2.07. The monoisotopic (exact) mass is 201 g/mol. The van der Waals surface area contributed by atoms with Gasteiger partial charge in [0.2, 0.25) is 0 Å². The minimum atomic E-state index is 0.402. The van der Waals surface area contributed by atoms with Crippen molar-refractivity contribution in [2.45, 2.75) is 20.0 Å². The largest absolute Gasteiger partial charge is 0.324 e. The van der Waals surface area contributed by atoms with Crippen molar-refractivity contribution in [3.05, 3.63) is 5.82 Å². The van der Waals surface area contributed by atoms with E-state index in [0.29, 0.717) is 12.5 Å². The normalized spacial score (nSPS) is 13.2. The third-order valence-corrected chi connectivity index (χ3v) is 2.63. The zero-order valence-electron chi connectivity index (χ0n) is 7.97. The molecule has 6 heteroatoms. The smallest absolute Gasteiger partial charge is 0.164 e. The molecule has 74 valence electrons. The predicted molar refractivity (Wildman–Crippen MR) is 53.3 cm³/mol. The number of aromatic nitrogens is 4. The summed E-state index contributed by atoms with van der Waals surface area (Å²) in [5, 5.41) is 11.3. The van der Waals surface area contributed by atoms with Crippen LogP contribution in [0.4, 0.5) is 0 Å². The van der Waals surface area contributed by atoms with Crippen LogP contribution in [-0.2, 0) is 13.1 Å². The fourth-order valence-electron chi connectivity index (χ4n) is 1.14. The Kier molecular flexibility index (Phi) is 4.17. The van der Waals surface area contributed by atoms with Crippen molar-refractivity contribution in [1.29, 1.82) is 0 Å². The quantitative estimate of drug-likeness (QED) is 0.733. The molecule has 0 aliphatic rings. The molecule has 2 N–H and O–H groups in total. The first-order valence-electron chi connectivity index (χ1n) is 4.22. The first-order chi connectivity index (χ1) is 6.27. The minimum absolute atomic E-state index is 0.402. The van der Waals surface area contributed by atoms with E-state index >= 15 is 0 Å². The highest BCUT2D eigenvalue weighted by molar-refractivity contribution is 7.98. The Morgan fingerprint density at radius 3 is 3.00 bits per heavy atom. The molecule has 0 radical (unpaired) electrons. The molecule has 1 unspecified atom stereocenters. The fraction of sp³-hybridized carbons (Fsp3) is 0.857. The summed E-state index contributed by atoms with van der Waals surface area (Å²) in [6.45, 7) is 3.43. The highest BCUT2D eigenvalue weighted by atomic mass is 32.2. The van der Waals surface area contributed by atoms with E-state index in [4.69, 9.17) is 5.73 Å². The van der Waals surface area contributed by atoms with Gasteiger partial charge in [0.25, 0.3) is 0 Å². The zero-order valence-corrected chi connectivity index (χ0v) is 8.79. The van der Waals surface area contributed by atoms with Crippen molar-refractivity contribution in [2.75, 3.05) is 12.0 Å². The van der Waals surface area contributed by atoms with Crippen molar-refractivity contribution < 1.29 is 0 Å². The van der Waals surface area contributed by atoms with Crippen molar-refractivity contribution in [2.24, 2.45) is 11.7 Å². The summed E-state index contributed by atoms with van der Waals surface area (Å²) in [6.07, 6.45) is 2.10. The molecule has 0 fully saturated rings. The molecule has 1 heterocycles. The summed E-state index contributed by atoms with van der Waals surface area (Å²) >= 11 is 1.83. The van der Waals surface area contributed by atoms with Crippen LogP contribution in [-0.4, -0.2) is 32.2 Å². The van der Waals surface area contributed by atoms with E-state index in [1.165, 1.54) is 0 Å². The highest BCUT2D eigenvalue weighted by Crippen LogP contribution is 2.07. The van der Waals surface area contributed by atoms with Gasteiger partial charge in [0.1, 0.15) is 0 Å². The second-order valence-electron chi connectivity index (χ2n) is 3.04. The van der Waals surface area contributed by atoms with E-state index < -0.39 is 0 Å². The first-order valence-corrected chi connectivity index (χ1v) is 5.61. The second-order valence-corrected chi connectivity index (χ2v) is 3.95. The van der Waals surface area contributed by atoms with Gasteiger partial charge in [0, 0.05) is 6.54 Å². The van der Waals surface area contributed by atoms with Crippen molar-refractivity contribution in [1.82, 2.24) is 20.2 Å². The average molecular weight is 201 g/mol. The number of hydrogen-bond donors (Lipinski definition) is 1. The summed E-state index contributed by atoms with van der Waals surface area (Å²) in [4.78, 5) is 0. The summed E-state index contributed by atoms with van der Waals surface area (Å²) in [7, 11) is 0. The van der Waals surface area contributed by atoms with Crippen LogP contribution in [0.5, 0.6) is 0 Å². The number of nitrogens with zero attached hydrogens (tertiary/aromatic N) is 4. The molecule has 5 nitrogen and oxygen atoms in total. The van der Waals surface area contributed by atoms with Gasteiger partial charge in [-0.05, 0) is 28.4 Å². The van der Waals surface area contributed by atoms with Crippen LogP contribution in [0, 0.1) is 5.92 Å². The van der Waals surface area contributed by atoms with Gasteiger partial charge in [-0.3, -0.25) is 0 Å². The zero-order chi connectivity index (χ0) is 9.68. The molecular weight excluding hydrogens is 186 g/mol. The van der Waals surface area contributed by atoms with E-state index in [1.54, 1.807) is 4.68 Å². The minimum Gasteiger partial charge on any atom is -0.324 e. The van der Waals surface area contributed by atoms with Gasteiger partial charge in [-0.1, -0.05) is 6.92 Å². The number of rotatable bonds is 5. The fourth-order valence-corrected chi connectivity index (χ4v) is 1.82. The molecule has 0 amide bonds. The molecule has 0 saturated carbocycles. The molecular formula is C7H15N5S. The SMILES string of the molecule is CSCC(C)Cn1nnnc1CN. The van der Waals surface area contributed by atoms with Gasteiger partial charge in [0.15, 0.2) is 5.82 Å². The predicted octanol–water partition coefficient (Wildman–Crippen LogP) is 0.131. The van der Waals surface area contributed by atoms with Crippen LogP contribution in [0.15, 0.2) is 0 Å². The van der Waals surface area contributed by atoms with Crippen molar-refractivity contribution >= 4 is 11.8 Å². The molecule has 13 heavy (non-hydrogen) atoms. The lowest BCUT2D eigenvalue weighted by Gasteiger charge is -2.09. The number of hydrogen-bond acceptors (Lipinski definition) is 5. The maximum Gasteiger partial charge on any atom is 0.164 e. The van der Waals surface area contributed by atoms with Crippen LogP contribution in [0.25, 0.3) is 0 Å². The lowest BCUT2D eigenvalue weighted by Crippen LogP contribution is -2.16. The first kappa shape index (κ1) is 10.5. The molecule has 1 rings (SSSR count). The Bertz CT molecular complexity index is 249. The molecule has 0 saturated heterocycles. The lowest BCUT2D eigenvalue weighted by atomic mass is 10.2. The van der Waals surface area contributed by atoms with Gasteiger partial charge in [-0.15, -0.1) is 5.10 Å². The third kappa shape index (κ3) is 2.96. The van der Waals surface area contributed by atoms with Gasteiger partial charge in [-0.25, -0.2) is 4.68 Å². The molecule has 1 aromatic heterocycles. The van der Waals surface area contributed by atoms with E-state index in [2.05, 4.69) is 28.7 Å². The molecule has 0 aliphatic heterocycles. The molecule has 0 aliphatic carbocycles. The summed E-state index contributed by atoms with van der Waals surface area (Å²) in [5.41, 5.74) is 5.48. The standard InChI is InChI=1S/C7H15N5S/c1-6(5-13-2)4-12-7(3-8)9-10-11-12/h6H,3-5,8H2,1-2H3. The molecule has 0 aromatic carbocycles. The molecule has 0 bridgehead atoms. The van der Waals surface area contributed by atoms with Crippen LogP contribution < -0.4 is 5.73 Å². The van der Waals surface area contributed by atoms with Crippen LogP contribution in [0.1, 0.15) is 12.7 Å². The topological polar surface area (TPSA) is 69.6 Å².